The zero-order valence-corrected chi connectivity index (χ0v) is 9.01. The lowest BCUT2D eigenvalue weighted by Crippen LogP contribution is -2.17. The number of carbonyl (C=O) groups is 1. The number of nitrogens with zero attached hydrogens (tertiary/aromatic N) is 3. The fourth-order valence-electron chi connectivity index (χ4n) is 1.32. The maximum atomic E-state index is 13.5. The number of amides is 1. The summed E-state index contributed by atoms with van der Waals surface area (Å²) >= 11 is 0. The zero-order chi connectivity index (χ0) is 12.4. The Kier molecular flexibility index (Phi) is 2.73. The quantitative estimate of drug-likeness (QED) is 0.805. The van der Waals surface area contributed by atoms with Gasteiger partial charge in [0.1, 0.15) is 5.82 Å². The number of aryl methyl sites for hydroxylation is 1. The van der Waals surface area contributed by atoms with Crippen molar-refractivity contribution in [3.05, 3.63) is 35.9 Å². The van der Waals surface area contributed by atoms with Crippen molar-refractivity contribution in [2.24, 2.45) is 7.05 Å². The standard InChI is InChI=1S/C10H10FN5O/c1-16-7(3-5-14-16)15-10(17)6-2-4-13-9(12)8(6)11/h2-5H,1H3,(H2,12,13)(H,15,17). The van der Waals surface area contributed by atoms with Crippen LogP contribution in [-0.4, -0.2) is 20.7 Å². The molecule has 7 heteroatoms. The number of nitrogens with one attached hydrogen (secondary N) is 1. The average molecular weight is 235 g/mol. The monoisotopic (exact) mass is 235 g/mol. The van der Waals surface area contributed by atoms with Crippen LogP contribution in [0.5, 0.6) is 0 Å². The van der Waals surface area contributed by atoms with Crippen molar-refractivity contribution < 1.29 is 9.18 Å². The van der Waals surface area contributed by atoms with Crippen LogP contribution in [0.4, 0.5) is 16.0 Å². The van der Waals surface area contributed by atoms with Crippen molar-refractivity contribution >= 4 is 17.5 Å². The van der Waals surface area contributed by atoms with Crippen molar-refractivity contribution in [2.45, 2.75) is 0 Å². The van der Waals surface area contributed by atoms with Crippen LogP contribution in [0.3, 0.4) is 0 Å². The molecule has 0 bridgehead atoms. The highest BCUT2D eigenvalue weighted by molar-refractivity contribution is 6.04. The summed E-state index contributed by atoms with van der Waals surface area (Å²) in [6.07, 6.45) is 2.80. The van der Waals surface area contributed by atoms with Crippen molar-refractivity contribution in [3.8, 4) is 0 Å². The molecule has 0 radical (unpaired) electrons. The van der Waals surface area contributed by atoms with Gasteiger partial charge in [-0.1, -0.05) is 0 Å². The van der Waals surface area contributed by atoms with E-state index in [0.29, 0.717) is 5.82 Å². The molecule has 0 saturated heterocycles. The summed E-state index contributed by atoms with van der Waals surface area (Å²) in [5.41, 5.74) is 5.12. The number of nitrogens with two attached hydrogens (primary N) is 1. The van der Waals surface area contributed by atoms with E-state index in [1.165, 1.54) is 23.1 Å². The number of nitrogen functional groups attached to an aromatic ring is 1. The molecule has 0 unspecified atom stereocenters. The van der Waals surface area contributed by atoms with E-state index in [1.54, 1.807) is 13.1 Å². The van der Waals surface area contributed by atoms with Gasteiger partial charge in [-0.25, -0.2) is 9.37 Å². The average Bonchev–Trinajstić information content (AvgIpc) is 2.68. The summed E-state index contributed by atoms with van der Waals surface area (Å²) in [5, 5.41) is 6.39. The number of rotatable bonds is 2. The molecule has 6 nitrogen and oxygen atoms in total. The molecule has 0 aliphatic heterocycles. The number of hydrogen-bond acceptors (Lipinski definition) is 4. The van der Waals surface area contributed by atoms with Crippen LogP contribution in [0.2, 0.25) is 0 Å². The lowest BCUT2D eigenvalue weighted by atomic mass is 10.2. The Morgan fingerprint density at radius 1 is 1.47 bits per heavy atom. The molecule has 0 atom stereocenters. The van der Waals surface area contributed by atoms with E-state index in [1.807, 2.05) is 0 Å². The summed E-state index contributed by atoms with van der Waals surface area (Å²) in [4.78, 5) is 15.3. The second-order valence-electron chi connectivity index (χ2n) is 3.35. The number of halogens is 1. The minimum absolute atomic E-state index is 0.154. The predicted octanol–water partition coefficient (Wildman–Crippen LogP) is 0.789. The van der Waals surface area contributed by atoms with Gasteiger partial charge in [-0.15, -0.1) is 0 Å². The first-order valence-electron chi connectivity index (χ1n) is 4.79. The van der Waals surface area contributed by atoms with E-state index in [9.17, 15) is 9.18 Å². The van der Waals surface area contributed by atoms with E-state index in [2.05, 4.69) is 15.4 Å². The van der Waals surface area contributed by atoms with Gasteiger partial charge in [0.05, 0.1) is 11.8 Å². The first-order valence-corrected chi connectivity index (χ1v) is 4.79. The molecule has 2 aromatic rings. The number of aromatic nitrogens is 3. The summed E-state index contributed by atoms with van der Waals surface area (Å²) in [5.74, 6) is -1.26. The van der Waals surface area contributed by atoms with Crippen LogP contribution in [0.1, 0.15) is 10.4 Å². The molecule has 2 heterocycles. The number of pyridine rings is 1. The first kappa shape index (κ1) is 11.1. The first-order chi connectivity index (χ1) is 8.09. The summed E-state index contributed by atoms with van der Waals surface area (Å²) < 4.78 is 15.0. The maximum absolute atomic E-state index is 13.5. The maximum Gasteiger partial charge on any atom is 0.259 e. The van der Waals surface area contributed by atoms with Crippen LogP contribution in [0, 0.1) is 5.82 Å². The van der Waals surface area contributed by atoms with E-state index in [4.69, 9.17) is 5.73 Å². The summed E-state index contributed by atoms with van der Waals surface area (Å²) in [6, 6.07) is 2.86. The largest absolute Gasteiger partial charge is 0.381 e. The van der Waals surface area contributed by atoms with E-state index >= 15 is 0 Å². The molecular formula is C10H10FN5O. The lowest BCUT2D eigenvalue weighted by Gasteiger charge is -2.06. The Hall–Kier alpha value is -2.44. The second-order valence-corrected chi connectivity index (χ2v) is 3.35. The highest BCUT2D eigenvalue weighted by Gasteiger charge is 2.15. The minimum Gasteiger partial charge on any atom is -0.381 e. The molecule has 0 aliphatic rings. The Balaban J connectivity index is 2.27. The molecule has 17 heavy (non-hydrogen) atoms. The van der Waals surface area contributed by atoms with Gasteiger partial charge < -0.3 is 11.1 Å². The number of hydrogen-bond donors (Lipinski definition) is 2. The Bertz CT molecular complexity index is 566. The molecule has 88 valence electrons. The van der Waals surface area contributed by atoms with Gasteiger partial charge in [-0.05, 0) is 6.07 Å². The fourth-order valence-corrected chi connectivity index (χ4v) is 1.32. The minimum atomic E-state index is -0.827. The van der Waals surface area contributed by atoms with Crippen LogP contribution < -0.4 is 11.1 Å². The van der Waals surface area contributed by atoms with Crippen LogP contribution in [-0.2, 0) is 7.05 Å². The van der Waals surface area contributed by atoms with E-state index in [-0.39, 0.29) is 11.4 Å². The summed E-state index contributed by atoms with van der Waals surface area (Å²) in [7, 11) is 1.66. The van der Waals surface area contributed by atoms with Gasteiger partial charge in [0.2, 0.25) is 0 Å². The molecule has 1 amide bonds. The Morgan fingerprint density at radius 3 is 2.88 bits per heavy atom. The molecule has 2 aromatic heterocycles. The van der Waals surface area contributed by atoms with Crippen LogP contribution >= 0.6 is 0 Å². The van der Waals surface area contributed by atoms with Gasteiger partial charge in [-0.2, -0.15) is 5.10 Å². The number of carbonyl (C=O) groups excluding carboxylic acids is 1. The molecule has 0 aromatic carbocycles. The third-order valence-corrected chi connectivity index (χ3v) is 2.22. The number of anilines is 2. The van der Waals surface area contributed by atoms with Gasteiger partial charge in [-0.3, -0.25) is 9.48 Å². The normalized spacial score (nSPS) is 10.2. The Labute approximate surface area is 96.3 Å². The highest BCUT2D eigenvalue weighted by atomic mass is 19.1. The van der Waals surface area contributed by atoms with Crippen molar-refractivity contribution in [1.29, 1.82) is 0 Å². The Morgan fingerprint density at radius 2 is 2.24 bits per heavy atom. The van der Waals surface area contributed by atoms with Crippen LogP contribution in [0.25, 0.3) is 0 Å². The van der Waals surface area contributed by atoms with Crippen LogP contribution in [0.15, 0.2) is 24.5 Å². The third-order valence-electron chi connectivity index (χ3n) is 2.22. The lowest BCUT2D eigenvalue weighted by molar-refractivity contribution is 0.102. The molecule has 2 rings (SSSR count). The molecule has 0 aliphatic carbocycles. The molecule has 3 N–H and O–H groups in total. The fraction of sp³-hybridized carbons (Fsp3) is 0.100. The second kappa shape index (κ2) is 4.20. The van der Waals surface area contributed by atoms with Gasteiger partial charge in [0.15, 0.2) is 11.6 Å². The zero-order valence-electron chi connectivity index (χ0n) is 9.01. The van der Waals surface area contributed by atoms with Crippen molar-refractivity contribution in [2.75, 3.05) is 11.1 Å². The van der Waals surface area contributed by atoms with Crippen molar-refractivity contribution in [3.63, 3.8) is 0 Å². The highest BCUT2D eigenvalue weighted by Crippen LogP contribution is 2.14. The molecule has 0 saturated carbocycles. The summed E-state index contributed by atoms with van der Waals surface area (Å²) in [6.45, 7) is 0. The smallest absolute Gasteiger partial charge is 0.259 e. The van der Waals surface area contributed by atoms with Gasteiger partial charge >= 0.3 is 0 Å². The molecular weight excluding hydrogens is 225 g/mol. The van der Waals surface area contributed by atoms with E-state index in [0.717, 1.165) is 0 Å². The molecule has 0 spiro atoms. The third kappa shape index (κ3) is 2.07. The van der Waals surface area contributed by atoms with Crippen molar-refractivity contribution in [1.82, 2.24) is 14.8 Å². The van der Waals surface area contributed by atoms with E-state index < -0.39 is 11.7 Å². The topological polar surface area (TPSA) is 85.8 Å². The van der Waals surface area contributed by atoms with Gasteiger partial charge in [0.25, 0.3) is 5.91 Å². The predicted molar refractivity (Wildman–Crippen MR) is 59.8 cm³/mol. The van der Waals surface area contributed by atoms with Gasteiger partial charge in [0, 0.05) is 19.3 Å². The SMILES string of the molecule is Cn1nccc1NC(=O)c1ccnc(N)c1F. The molecule has 0 fully saturated rings.